The van der Waals surface area contributed by atoms with Crippen molar-refractivity contribution in [2.45, 2.75) is 0 Å². The molecule has 0 aromatic heterocycles. The quantitative estimate of drug-likeness (QED) is 0.519. The van der Waals surface area contributed by atoms with Crippen molar-refractivity contribution in [3.63, 3.8) is 0 Å². The third-order valence-corrected chi connectivity index (χ3v) is 0.978. The molecular formula is C8H8O. The summed E-state index contributed by atoms with van der Waals surface area (Å²) in [5, 5.41) is 8.90. The smallest absolute Gasteiger partial charge is 0.115 e. The fourth-order valence-corrected chi connectivity index (χ4v) is 0.556. The highest BCUT2D eigenvalue weighted by Crippen LogP contribution is 1.95. The SMILES string of the molecule is OC1=C/C=C\C=C/C=C1. The zero-order valence-corrected chi connectivity index (χ0v) is 4.99. The summed E-state index contributed by atoms with van der Waals surface area (Å²) in [6.07, 6.45) is 12.5. The molecule has 1 N–H and O–H groups in total. The van der Waals surface area contributed by atoms with E-state index in [9.17, 15) is 0 Å². The van der Waals surface area contributed by atoms with Crippen LogP contribution in [0.4, 0.5) is 0 Å². The summed E-state index contributed by atoms with van der Waals surface area (Å²) in [7, 11) is 0. The van der Waals surface area contributed by atoms with Gasteiger partial charge in [0.05, 0.1) is 0 Å². The van der Waals surface area contributed by atoms with E-state index in [0.717, 1.165) is 0 Å². The van der Waals surface area contributed by atoms with E-state index in [1.165, 1.54) is 0 Å². The molecule has 1 rings (SSSR count). The summed E-state index contributed by atoms with van der Waals surface area (Å²) in [4.78, 5) is 0. The molecule has 1 heteroatoms. The number of hydrogen-bond donors (Lipinski definition) is 1. The van der Waals surface area contributed by atoms with Crippen molar-refractivity contribution in [1.82, 2.24) is 0 Å². The zero-order chi connectivity index (χ0) is 6.53. The lowest BCUT2D eigenvalue weighted by atomic mass is 10.3. The van der Waals surface area contributed by atoms with Crippen LogP contribution in [0.3, 0.4) is 0 Å². The molecule has 0 saturated heterocycles. The van der Waals surface area contributed by atoms with Gasteiger partial charge in [-0.05, 0) is 12.2 Å². The van der Waals surface area contributed by atoms with E-state index in [1.807, 2.05) is 18.2 Å². The zero-order valence-electron chi connectivity index (χ0n) is 4.99. The van der Waals surface area contributed by atoms with Gasteiger partial charge >= 0.3 is 0 Å². The first kappa shape index (κ1) is 5.89. The predicted molar refractivity (Wildman–Crippen MR) is 38.1 cm³/mol. The fourth-order valence-electron chi connectivity index (χ4n) is 0.556. The average molecular weight is 120 g/mol. The van der Waals surface area contributed by atoms with Crippen molar-refractivity contribution >= 4 is 0 Å². The molecule has 0 spiro atoms. The van der Waals surface area contributed by atoms with E-state index in [1.54, 1.807) is 24.3 Å². The first-order chi connectivity index (χ1) is 4.39. The summed E-state index contributed by atoms with van der Waals surface area (Å²) in [6, 6.07) is 0. The van der Waals surface area contributed by atoms with Gasteiger partial charge < -0.3 is 5.11 Å². The van der Waals surface area contributed by atoms with E-state index in [2.05, 4.69) is 0 Å². The van der Waals surface area contributed by atoms with E-state index in [4.69, 9.17) is 5.11 Å². The maximum atomic E-state index is 8.90. The summed E-state index contributed by atoms with van der Waals surface area (Å²) < 4.78 is 0. The first-order valence-electron chi connectivity index (χ1n) is 2.80. The van der Waals surface area contributed by atoms with Crippen LogP contribution in [0.25, 0.3) is 0 Å². The maximum absolute atomic E-state index is 8.90. The van der Waals surface area contributed by atoms with E-state index >= 15 is 0 Å². The molecule has 46 valence electrons. The standard InChI is InChI=1S/C8H8O/c9-8-6-4-2-1-3-5-7-8/h1-7,9H/b2-1-,3-1?,4-2?,5-3-,6-4?,7-5?,8-6?,8-7?. The van der Waals surface area contributed by atoms with Crippen molar-refractivity contribution < 1.29 is 5.11 Å². The highest BCUT2D eigenvalue weighted by molar-refractivity contribution is 5.26. The molecular weight excluding hydrogens is 112 g/mol. The second kappa shape index (κ2) is 2.92. The monoisotopic (exact) mass is 120 g/mol. The minimum atomic E-state index is 0.288. The molecule has 0 heterocycles. The Hall–Kier alpha value is -1.24. The third-order valence-electron chi connectivity index (χ3n) is 0.978. The highest BCUT2D eigenvalue weighted by atomic mass is 16.3. The van der Waals surface area contributed by atoms with E-state index < -0.39 is 0 Å². The Morgan fingerprint density at radius 1 is 0.889 bits per heavy atom. The van der Waals surface area contributed by atoms with Crippen LogP contribution in [-0.2, 0) is 0 Å². The van der Waals surface area contributed by atoms with Crippen LogP contribution in [0, 0.1) is 0 Å². The Morgan fingerprint density at radius 2 is 1.56 bits per heavy atom. The first-order valence-corrected chi connectivity index (χ1v) is 2.80. The Kier molecular flexibility index (Phi) is 1.91. The lowest BCUT2D eigenvalue weighted by Gasteiger charge is -1.87. The summed E-state index contributed by atoms with van der Waals surface area (Å²) >= 11 is 0. The van der Waals surface area contributed by atoms with Gasteiger partial charge in [-0.15, -0.1) is 0 Å². The average Bonchev–Trinajstić information content (AvgIpc) is 1.79. The molecule has 0 amide bonds. The lowest BCUT2D eigenvalue weighted by Crippen LogP contribution is -1.71. The Balaban J connectivity index is 2.77. The predicted octanol–water partition coefficient (Wildman–Crippen LogP) is 2.11. The maximum Gasteiger partial charge on any atom is 0.115 e. The molecule has 0 aliphatic heterocycles. The van der Waals surface area contributed by atoms with Crippen LogP contribution in [0.5, 0.6) is 0 Å². The Bertz CT molecular complexity index is 195. The van der Waals surface area contributed by atoms with Gasteiger partial charge in [-0.1, -0.05) is 30.4 Å². The molecule has 1 aliphatic rings. The summed E-state index contributed by atoms with van der Waals surface area (Å²) in [5.41, 5.74) is 0. The molecule has 0 aromatic rings. The highest BCUT2D eigenvalue weighted by Gasteiger charge is 1.79. The van der Waals surface area contributed by atoms with Crippen LogP contribution in [0.15, 0.2) is 48.3 Å². The minimum absolute atomic E-state index is 0.288. The fraction of sp³-hybridized carbons (Fsp3) is 0. The molecule has 0 radical (unpaired) electrons. The molecule has 0 fully saturated rings. The van der Waals surface area contributed by atoms with Gasteiger partial charge in [0.15, 0.2) is 0 Å². The molecule has 1 nitrogen and oxygen atoms in total. The lowest BCUT2D eigenvalue weighted by molar-refractivity contribution is 0.432. The van der Waals surface area contributed by atoms with Gasteiger partial charge in [0.25, 0.3) is 0 Å². The number of hydrogen-bond acceptors (Lipinski definition) is 1. The molecule has 0 atom stereocenters. The largest absolute Gasteiger partial charge is 0.508 e. The van der Waals surface area contributed by atoms with Gasteiger partial charge in [-0.2, -0.15) is 0 Å². The second-order valence-corrected chi connectivity index (χ2v) is 1.72. The van der Waals surface area contributed by atoms with Crippen LogP contribution in [0.2, 0.25) is 0 Å². The van der Waals surface area contributed by atoms with Crippen molar-refractivity contribution in [2.24, 2.45) is 0 Å². The van der Waals surface area contributed by atoms with Gasteiger partial charge in [0.1, 0.15) is 5.76 Å². The normalized spacial score (nSPS) is 23.8. The molecule has 1 aliphatic carbocycles. The van der Waals surface area contributed by atoms with Crippen molar-refractivity contribution in [1.29, 1.82) is 0 Å². The third kappa shape index (κ3) is 2.00. The van der Waals surface area contributed by atoms with Crippen LogP contribution >= 0.6 is 0 Å². The van der Waals surface area contributed by atoms with Crippen molar-refractivity contribution in [2.75, 3.05) is 0 Å². The second-order valence-electron chi connectivity index (χ2n) is 1.72. The van der Waals surface area contributed by atoms with E-state index in [-0.39, 0.29) is 5.76 Å². The summed E-state index contributed by atoms with van der Waals surface area (Å²) in [6.45, 7) is 0. The minimum Gasteiger partial charge on any atom is -0.508 e. The number of aliphatic hydroxyl groups is 1. The summed E-state index contributed by atoms with van der Waals surface area (Å²) in [5.74, 6) is 0.288. The van der Waals surface area contributed by atoms with Gasteiger partial charge in [-0.3, -0.25) is 0 Å². The topological polar surface area (TPSA) is 20.2 Å². The van der Waals surface area contributed by atoms with Gasteiger partial charge in [-0.25, -0.2) is 0 Å². The molecule has 0 saturated carbocycles. The number of rotatable bonds is 0. The van der Waals surface area contributed by atoms with Crippen LogP contribution in [-0.4, -0.2) is 5.11 Å². The van der Waals surface area contributed by atoms with Crippen molar-refractivity contribution in [3.8, 4) is 0 Å². The molecule has 9 heavy (non-hydrogen) atoms. The Labute approximate surface area is 54.3 Å². The van der Waals surface area contributed by atoms with Crippen LogP contribution < -0.4 is 0 Å². The van der Waals surface area contributed by atoms with Gasteiger partial charge in [0, 0.05) is 0 Å². The molecule has 0 bridgehead atoms. The Morgan fingerprint density at radius 3 is 2.44 bits per heavy atom. The van der Waals surface area contributed by atoms with Gasteiger partial charge in [0.2, 0.25) is 0 Å². The molecule has 0 aromatic carbocycles. The van der Waals surface area contributed by atoms with E-state index in [0.29, 0.717) is 0 Å². The number of aliphatic hydroxyl groups excluding tert-OH is 1. The van der Waals surface area contributed by atoms with Crippen LogP contribution in [0.1, 0.15) is 0 Å². The number of allylic oxidation sites excluding steroid dienone is 7. The van der Waals surface area contributed by atoms with Crippen molar-refractivity contribution in [3.05, 3.63) is 48.3 Å². The molecule has 0 unspecified atom stereocenters.